The van der Waals surface area contributed by atoms with Crippen LogP contribution in [0.3, 0.4) is 0 Å². The van der Waals surface area contributed by atoms with Gasteiger partial charge in [0.05, 0.1) is 46.2 Å². The lowest BCUT2D eigenvalue weighted by Gasteiger charge is -2.27. The first-order chi connectivity index (χ1) is 23.8. The molecule has 0 aliphatic rings. The molecule has 3 amide bonds. The molecule has 0 fully saturated rings. The van der Waals surface area contributed by atoms with Gasteiger partial charge in [-0.25, -0.2) is 4.79 Å². The van der Waals surface area contributed by atoms with E-state index < -0.39 is 12.1 Å². The third-order valence-electron chi connectivity index (χ3n) is 7.24. The van der Waals surface area contributed by atoms with Gasteiger partial charge in [-0.15, -0.1) is 11.6 Å². The number of amides is 3. The van der Waals surface area contributed by atoms with E-state index in [1.807, 2.05) is 19.1 Å². The minimum absolute atomic E-state index is 0.0902. The SMILES string of the molecule is CCN(C(=O)CCc1cc(COC(=O)NCCOCCOCCOCCOCCCCCCCl)no1)C(C)C(=O)NCc1ccc(Cl)cc1. The highest BCUT2D eigenvalue weighted by molar-refractivity contribution is 6.30. The van der Waals surface area contributed by atoms with Crippen LogP contribution >= 0.6 is 23.2 Å². The van der Waals surface area contributed by atoms with Crippen molar-refractivity contribution in [1.82, 2.24) is 20.7 Å². The number of halogens is 2. The zero-order valence-corrected chi connectivity index (χ0v) is 30.2. The van der Waals surface area contributed by atoms with Crippen molar-refractivity contribution in [3.63, 3.8) is 0 Å². The van der Waals surface area contributed by atoms with E-state index in [1.54, 1.807) is 25.1 Å². The fourth-order valence-corrected chi connectivity index (χ4v) is 4.81. The van der Waals surface area contributed by atoms with Crippen LogP contribution in [0.15, 0.2) is 34.9 Å². The number of hydrogen-bond donors (Lipinski definition) is 2. The number of hydrogen-bond acceptors (Lipinski definition) is 10. The van der Waals surface area contributed by atoms with Gasteiger partial charge in [0.15, 0.2) is 0 Å². The monoisotopic (exact) mass is 730 g/mol. The van der Waals surface area contributed by atoms with Crippen LogP contribution in [0.2, 0.25) is 5.02 Å². The summed E-state index contributed by atoms with van der Waals surface area (Å²) in [7, 11) is 0. The summed E-state index contributed by atoms with van der Waals surface area (Å²) in [6.45, 7) is 8.33. The van der Waals surface area contributed by atoms with Gasteiger partial charge in [-0.2, -0.15) is 0 Å². The summed E-state index contributed by atoms with van der Waals surface area (Å²) >= 11 is 11.6. The van der Waals surface area contributed by atoms with Gasteiger partial charge in [-0.1, -0.05) is 41.7 Å². The van der Waals surface area contributed by atoms with Crippen molar-refractivity contribution in [1.29, 1.82) is 0 Å². The normalized spacial score (nSPS) is 11.7. The molecule has 0 saturated heterocycles. The molecule has 0 aliphatic heterocycles. The molecule has 0 saturated carbocycles. The number of rotatable bonds is 28. The standard InChI is InChI=1S/C34H52Cl2N4O9/c1-3-40(27(2)33(42)38-25-28-8-10-29(36)11-9-28)32(41)13-12-31-24-30(39-49-31)26-48-34(43)37-15-17-45-19-21-47-23-22-46-20-18-44-16-7-5-4-6-14-35/h8-11,24,27H,3-7,12-23,25-26H2,1-2H3,(H,37,43)(H,38,42). The number of alkyl carbamates (subject to hydrolysis) is 1. The molecule has 0 aliphatic carbocycles. The van der Waals surface area contributed by atoms with Crippen LogP contribution in [-0.4, -0.2) is 106 Å². The Morgan fingerprint density at radius 3 is 2.16 bits per heavy atom. The fourth-order valence-electron chi connectivity index (χ4n) is 4.49. The summed E-state index contributed by atoms with van der Waals surface area (Å²) < 4.78 is 32.3. The maximum Gasteiger partial charge on any atom is 0.407 e. The van der Waals surface area contributed by atoms with Gasteiger partial charge in [-0.3, -0.25) is 9.59 Å². The summed E-state index contributed by atoms with van der Waals surface area (Å²) in [5, 5.41) is 9.98. The highest BCUT2D eigenvalue weighted by Crippen LogP contribution is 2.12. The maximum atomic E-state index is 12.9. The molecule has 0 radical (unpaired) electrons. The van der Waals surface area contributed by atoms with Gasteiger partial charge in [0.2, 0.25) is 11.8 Å². The van der Waals surface area contributed by atoms with E-state index in [1.165, 1.54) is 4.90 Å². The van der Waals surface area contributed by atoms with Crippen LogP contribution < -0.4 is 10.6 Å². The number of nitrogens with one attached hydrogen (secondary N) is 2. The number of unbranched alkanes of at least 4 members (excludes halogenated alkanes) is 3. The molecule has 13 nitrogen and oxygen atoms in total. The zero-order chi connectivity index (χ0) is 35.5. The van der Waals surface area contributed by atoms with Crippen LogP contribution in [0.4, 0.5) is 4.79 Å². The van der Waals surface area contributed by atoms with Crippen LogP contribution in [0, 0.1) is 0 Å². The molecule has 2 N–H and O–H groups in total. The van der Waals surface area contributed by atoms with Crippen LogP contribution in [0.1, 0.15) is 63.0 Å². The van der Waals surface area contributed by atoms with Gasteiger partial charge in [0, 0.05) is 56.1 Å². The molecule has 276 valence electrons. The summed E-state index contributed by atoms with van der Waals surface area (Å²) in [4.78, 5) is 39.1. The van der Waals surface area contributed by atoms with E-state index in [0.29, 0.717) is 75.8 Å². The third kappa shape index (κ3) is 19.7. The van der Waals surface area contributed by atoms with Gasteiger partial charge in [0.25, 0.3) is 0 Å². The Bertz CT molecular complexity index is 1190. The molecule has 1 aromatic carbocycles. The molecule has 0 spiro atoms. The highest BCUT2D eigenvalue weighted by Gasteiger charge is 2.24. The van der Waals surface area contributed by atoms with Crippen molar-refractivity contribution in [2.45, 2.75) is 71.6 Å². The lowest BCUT2D eigenvalue weighted by molar-refractivity contribution is -0.139. The summed E-state index contributed by atoms with van der Waals surface area (Å²) in [5.74, 6) is 0.751. The molecular formula is C34H52Cl2N4O9. The first-order valence-corrected chi connectivity index (χ1v) is 17.8. The van der Waals surface area contributed by atoms with Crippen molar-refractivity contribution in [3.05, 3.63) is 52.4 Å². The van der Waals surface area contributed by atoms with E-state index in [2.05, 4.69) is 15.8 Å². The van der Waals surface area contributed by atoms with E-state index in [-0.39, 0.29) is 37.8 Å². The zero-order valence-electron chi connectivity index (χ0n) is 28.7. The molecule has 0 bridgehead atoms. The highest BCUT2D eigenvalue weighted by atomic mass is 35.5. The van der Waals surface area contributed by atoms with E-state index >= 15 is 0 Å². The smallest absolute Gasteiger partial charge is 0.407 e. The van der Waals surface area contributed by atoms with Crippen LogP contribution in [-0.2, 0) is 52.8 Å². The van der Waals surface area contributed by atoms with Gasteiger partial charge in [-0.05, 0) is 44.4 Å². The van der Waals surface area contributed by atoms with Crippen molar-refractivity contribution in [2.75, 3.05) is 71.8 Å². The Balaban J connectivity index is 1.47. The number of carbonyl (C=O) groups excluding carboxylic acids is 3. The second-order valence-electron chi connectivity index (χ2n) is 11.0. The van der Waals surface area contributed by atoms with E-state index in [9.17, 15) is 14.4 Å². The summed E-state index contributed by atoms with van der Waals surface area (Å²) in [5.41, 5.74) is 1.32. The average Bonchev–Trinajstić information content (AvgIpc) is 3.57. The molecule has 1 atom stereocenters. The molecule has 15 heteroatoms. The van der Waals surface area contributed by atoms with E-state index in [4.69, 9.17) is 51.4 Å². The number of nitrogens with zero attached hydrogens (tertiary/aromatic N) is 2. The minimum Gasteiger partial charge on any atom is -0.443 e. The van der Waals surface area contributed by atoms with Crippen molar-refractivity contribution in [2.24, 2.45) is 0 Å². The second kappa shape index (κ2) is 26.9. The predicted molar refractivity (Wildman–Crippen MR) is 186 cm³/mol. The largest absolute Gasteiger partial charge is 0.443 e. The minimum atomic E-state index is -0.645. The molecule has 1 unspecified atom stereocenters. The quantitative estimate of drug-likeness (QED) is 0.0914. The molecular weight excluding hydrogens is 679 g/mol. The number of alkyl halides is 1. The lowest BCUT2D eigenvalue weighted by atomic mass is 10.1. The molecule has 1 aromatic heterocycles. The summed E-state index contributed by atoms with van der Waals surface area (Å²) in [6.07, 6.45) is 4.18. The molecule has 2 aromatic rings. The number of ether oxygens (including phenoxy) is 5. The Morgan fingerprint density at radius 2 is 1.51 bits per heavy atom. The number of aromatic nitrogens is 1. The van der Waals surface area contributed by atoms with E-state index in [0.717, 1.165) is 43.7 Å². The first kappa shape index (κ1) is 42.2. The predicted octanol–water partition coefficient (Wildman–Crippen LogP) is 4.91. The average molecular weight is 732 g/mol. The van der Waals surface area contributed by atoms with Crippen molar-refractivity contribution in [3.8, 4) is 0 Å². The van der Waals surface area contributed by atoms with Crippen molar-refractivity contribution < 1.29 is 42.6 Å². The second-order valence-corrected chi connectivity index (χ2v) is 11.9. The topological polar surface area (TPSA) is 151 Å². The number of carbonyl (C=O) groups is 3. The Morgan fingerprint density at radius 1 is 0.878 bits per heavy atom. The molecule has 1 heterocycles. The third-order valence-corrected chi connectivity index (χ3v) is 7.76. The maximum absolute atomic E-state index is 12.9. The van der Waals surface area contributed by atoms with Crippen molar-refractivity contribution >= 4 is 41.1 Å². The fraction of sp³-hybridized carbons (Fsp3) is 0.647. The Kier molecular flexibility index (Phi) is 23.2. The number of aryl methyl sites for hydroxylation is 1. The van der Waals surface area contributed by atoms with Gasteiger partial charge >= 0.3 is 6.09 Å². The lowest BCUT2D eigenvalue weighted by Crippen LogP contribution is -2.47. The number of likely N-dealkylation sites (N-methyl/N-ethyl adjacent to an activating group) is 1. The summed E-state index contributed by atoms with van der Waals surface area (Å²) in [6, 6.07) is 8.17. The number of benzene rings is 1. The Labute approximate surface area is 299 Å². The molecule has 49 heavy (non-hydrogen) atoms. The molecule has 2 rings (SSSR count). The first-order valence-electron chi connectivity index (χ1n) is 16.9. The van der Waals surface area contributed by atoms with Crippen LogP contribution in [0.5, 0.6) is 0 Å². The van der Waals surface area contributed by atoms with Gasteiger partial charge < -0.3 is 43.7 Å². The van der Waals surface area contributed by atoms with Crippen LogP contribution in [0.25, 0.3) is 0 Å². The Hall–Kier alpha value is -2.94. The van der Waals surface area contributed by atoms with Gasteiger partial charge in [0.1, 0.15) is 24.1 Å².